The van der Waals surface area contributed by atoms with Crippen LogP contribution in [0.4, 0.5) is 0 Å². The Balaban J connectivity index is 1.71. The molecule has 0 spiro atoms. The molecule has 130 valence electrons. The van der Waals surface area contributed by atoms with Gasteiger partial charge in [-0.3, -0.25) is 4.79 Å². The molecule has 24 heavy (non-hydrogen) atoms. The quantitative estimate of drug-likeness (QED) is 0.713. The summed E-state index contributed by atoms with van der Waals surface area (Å²) in [5, 5.41) is 6.80. The van der Waals surface area contributed by atoms with Crippen LogP contribution in [0.3, 0.4) is 0 Å². The lowest BCUT2D eigenvalue weighted by Crippen LogP contribution is -2.43. The van der Waals surface area contributed by atoms with E-state index in [4.69, 9.17) is 4.74 Å². The molecule has 0 saturated carbocycles. The number of hydrogen-bond acceptors (Lipinski definition) is 7. The minimum atomic E-state index is -3.38. The van der Waals surface area contributed by atoms with Crippen LogP contribution < -0.4 is 5.32 Å². The summed E-state index contributed by atoms with van der Waals surface area (Å²) >= 11 is 0. The molecular formula is C13H18N6O4S. The highest BCUT2D eigenvalue weighted by Crippen LogP contribution is 2.17. The van der Waals surface area contributed by atoms with Crippen molar-refractivity contribution >= 4 is 21.7 Å². The van der Waals surface area contributed by atoms with E-state index in [0.29, 0.717) is 5.78 Å². The molecular weight excluding hydrogens is 336 g/mol. The fourth-order valence-corrected chi connectivity index (χ4v) is 3.57. The van der Waals surface area contributed by atoms with Gasteiger partial charge >= 0.3 is 0 Å². The second-order valence-corrected chi connectivity index (χ2v) is 7.97. The van der Waals surface area contributed by atoms with Crippen LogP contribution in [0.2, 0.25) is 0 Å². The minimum Gasteiger partial charge on any atom is -0.379 e. The number of amides is 1. The lowest BCUT2D eigenvalue weighted by atomic mass is 10.1. The van der Waals surface area contributed by atoms with Crippen LogP contribution in [-0.2, 0) is 14.8 Å². The zero-order valence-corrected chi connectivity index (χ0v) is 14.1. The highest BCUT2D eigenvalue weighted by Gasteiger charge is 2.34. The number of ether oxygens (including phenoxy) is 1. The number of carbonyl (C=O) groups excluding carboxylic acids is 1. The van der Waals surface area contributed by atoms with Crippen molar-refractivity contribution in [2.45, 2.75) is 6.04 Å². The zero-order valence-electron chi connectivity index (χ0n) is 13.3. The van der Waals surface area contributed by atoms with E-state index in [0.717, 1.165) is 0 Å². The molecule has 1 aliphatic heterocycles. The predicted molar refractivity (Wildman–Crippen MR) is 83.8 cm³/mol. The van der Waals surface area contributed by atoms with E-state index < -0.39 is 22.0 Å². The van der Waals surface area contributed by atoms with E-state index >= 15 is 0 Å². The minimum absolute atomic E-state index is 0.0187. The number of nitrogens with one attached hydrogen (secondary N) is 1. The number of aromatic nitrogens is 4. The van der Waals surface area contributed by atoms with Crippen molar-refractivity contribution in [3.8, 4) is 0 Å². The summed E-state index contributed by atoms with van der Waals surface area (Å²) in [6.07, 6.45) is 3.19. The Kier molecular flexibility index (Phi) is 4.47. The zero-order chi connectivity index (χ0) is 17.3. The van der Waals surface area contributed by atoms with Gasteiger partial charge in [0.05, 0.1) is 25.0 Å². The largest absolute Gasteiger partial charge is 0.379 e. The summed E-state index contributed by atoms with van der Waals surface area (Å²) in [5.41, 5.74) is 0. The first-order chi connectivity index (χ1) is 11.4. The van der Waals surface area contributed by atoms with Gasteiger partial charge < -0.3 is 10.1 Å². The average Bonchev–Trinajstić information content (AvgIpc) is 3.13. The predicted octanol–water partition coefficient (Wildman–Crippen LogP) is -1.24. The molecule has 1 saturated heterocycles. The second kappa shape index (κ2) is 6.42. The van der Waals surface area contributed by atoms with Crippen LogP contribution in [-0.4, -0.2) is 77.3 Å². The molecule has 3 heterocycles. The molecule has 0 unspecified atom stereocenters. The molecule has 2 aromatic rings. The van der Waals surface area contributed by atoms with Crippen molar-refractivity contribution in [2.75, 3.05) is 33.1 Å². The molecule has 3 rings (SSSR count). The van der Waals surface area contributed by atoms with Gasteiger partial charge in [-0.05, 0) is 6.07 Å². The van der Waals surface area contributed by atoms with Crippen molar-refractivity contribution in [1.29, 1.82) is 0 Å². The third kappa shape index (κ3) is 3.37. The van der Waals surface area contributed by atoms with Crippen molar-refractivity contribution in [3.63, 3.8) is 0 Å². The highest BCUT2D eigenvalue weighted by molar-refractivity contribution is 7.89. The Hall–Kier alpha value is -2.11. The van der Waals surface area contributed by atoms with Crippen molar-refractivity contribution < 1.29 is 17.9 Å². The second-order valence-electron chi connectivity index (χ2n) is 5.74. The molecule has 10 nitrogen and oxygen atoms in total. The third-order valence-corrected chi connectivity index (χ3v) is 5.78. The maximum atomic E-state index is 12.3. The Morgan fingerprint density at radius 2 is 2.25 bits per heavy atom. The van der Waals surface area contributed by atoms with Gasteiger partial charge in [-0.2, -0.15) is 4.98 Å². The molecule has 1 aliphatic rings. The smallest absolute Gasteiger partial charge is 0.291 e. The standard InChI is InChI=1S/C13H18N6O4S/c1-18(2)24(21,22)8-9-6-23-7-10(9)15-12(20)11-16-13-14-4-3-5-19(13)17-11/h3-5,9-10H,6-8H2,1-2H3,(H,15,20)/t9-,10-/m0/s1. The number of rotatable bonds is 5. The number of nitrogens with zero attached hydrogens (tertiary/aromatic N) is 5. The van der Waals surface area contributed by atoms with Gasteiger partial charge in [0.2, 0.25) is 15.8 Å². The van der Waals surface area contributed by atoms with Crippen LogP contribution >= 0.6 is 0 Å². The van der Waals surface area contributed by atoms with Crippen LogP contribution in [0, 0.1) is 5.92 Å². The van der Waals surface area contributed by atoms with Gasteiger partial charge in [0.15, 0.2) is 0 Å². The van der Waals surface area contributed by atoms with E-state index in [2.05, 4.69) is 20.4 Å². The summed E-state index contributed by atoms with van der Waals surface area (Å²) in [5.74, 6) is -0.600. The van der Waals surface area contributed by atoms with Crippen LogP contribution in [0.15, 0.2) is 18.5 Å². The summed E-state index contributed by atoms with van der Waals surface area (Å²) in [7, 11) is -0.422. The molecule has 0 aromatic carbocycles. The number of sulfonamides is 1. The van der Waals surface area contributed by atoms with Gasteiger partial charge in [-0.1, -0.05) is 0 Å². The number of carbonyl (C=O) groups is 1. The Labute approximate surface area is 138 Å². The highest BCUT2D eigenvalue weighted by atomic mass is 32.2. The van der Waals surface area contributed by atoms with E-state index in [1.54, 1.807) is 18.5 Å². The average molecular weight is 354 g/mol. The molecule has 0 radical (unpaired) electrons. The molecule has 1 amide bonds. The Bertz CT molecular complexity index is 816. The lowest BCUT2D eigenvalue weighted by Gasteiger charge is -2.20. The molecule has 2 atom stereocenters. The summed E-state index contributed by atoms with van der Waals surface area (Å²) in [4.78, 5) is 20.4. The van der Waals surface area contributed by atoms with Gasteiger partial charge in [0.1, 0.15) is 0 Å². The molecule has 0 bridgehead atoms. The molecule has 1 N–H and O–H groups in total. The van der Waals surface area contributed by atoms with E-state index in [9.17, 15) is 13.2 Å². The summed E-state index contributed by atoms with van der Waals surface area (Å²) in [6.45, 7) is 0.531. The first-order valence-electron chi connectivity index (χ1n) is 7.33. The first kappa shape index (κ1) is 16.7. The van der Waals surface area contributed by atoms with E-state index in [1.807, 2.05) is 0 Å². The van der Waals surface area contributed by atoms with Crippen molar-refractivity contribution in [2.24, 2.45) is 5.92 Å². The topological polar surface area (TPSA) is 119 Å². The molecule has 2 aromatic heterocycles. The van der Waals surface area contributed by atoms with E-state index in [1.165, 1.54) is 22.9 Å². The maximum absolute atomic E-state index is 12.3. The normalized spacial score (nSPS) is 21.5. The monoisotopic (exact) mass is 354 g/mol. The van der Waals surface area contributed by atoms with Crippen LogP contribution in [0.25, 0.3) is 5.78 Å². The van der Waals surface area contributed by atoms with Gasteiger partial charge in [0.25, 0.3) is 11.7 Å². The third-order valence-electron chi connectivity index (χ3n) is 3.82. The van der Waals surface area contributed by atoms with Gasteiger partial charge in [-0.15, -0.1) is 5.10 Å². The van der Waals surface area contributed by atoms with Gasteiger partial charge in [0, 0.05) is 32.4 Å². The van der Waals surface area contributed by atoms with Crippen molar-refractivity contribution in [1.82, 2.24) is 29.2 Å². The van der Waals surface area contributed by atoms with Crippen molar-refractivity contribution in [3.05, 3.63) is 24.3 Å². The molecule has 0 aliphatic carbocycles. The van der Waals surface area contributed by atoms with E-state index in [-0.39, 0.29) is 30.7 Å². The van der Waals surface area contributed by atoms with Gasteiger partial charge in [-0.25, -0.2) is 22.2 Å². The van der Waals surface area contributed by atoms with Crippen LogP contribution in [0.5, 0.6) is 0 Å². The lowest BCUT2D eigenvalue weighted by molar-refractivity contribution is 0.0915. The van der Waals surface area contributed by atoms with Crippen LogP contribution in [0.1, 0.15) is 10.6 Å². The molecule has 1 fully saturated rings. The Morgan fingerprint density at radius 3 is 2.96 bits per heavy atom. The number of hydrogen-bond donors (Lipinski definition) is 1. The SMILES string of the molecule is CN(C)S(=O)(=O)C[C@@H]1COC[C@@H]1NC(=O)c1nc2ncccn2n1. The summed E-state index contributed by atoms with van der Waals surface area (Å²) in [6, 6.07) is 1.27. The summed E-state index contributed by atoms with van der Waals surface area (Å²) < 4.78 is 32.0. The fourth-order valence-electron chi connectivity index (χ4n) is 2.40. The number of fused-ring (bicyclic) bond motifs is 1. The maximum Gasteiger partial charge on any atom is 0.291 e. The fraction of sp³-hybridized carbons (Fsp3) is 0.538. The molecule has 11 heteroatoms. The first-order valence-corrected chi connectivity index (χ1v) is 8.94. The Morgan fingerprint density at radius 1 is 1.46 bits per heavy atom.